The van der Waals surface area contributed by atoms with Crippen LogP contribution in [0, 0.1) is 5.92 Å². The summed E-state index contributed by atoms with van der Waals surface area (Å²) < 4.78 is 11.5. The van der Waals surface area contributed by atoms with Gasteiger partial charge in [0, 0.05) is 18.6 Å². The van der Waals surface area contributed by atoms with Crippen molar-refractivity contribution in [3.8, 4) is 11.5 Å². The Morgan fingerprint density at radius 3 is 2.85 bits per heavy atom. The van der Waals surface area contributed by atoms with Gasteiger partial charge in [0.2, 0.25) is 5.91 Å². The Labute approximate surface area is 161 Å². The van der Waals surface area contributed by atoms with E-state index in [2.05, 4.69) is 17.2 Å². The number of carbonyl (C=O) groups is 1. The molecule has 0 aliphatic carbocycles. The molecule has 0 radical (unpaired) electrons. The molecule has 146 valence electrons. The van der Waals surface area contributed by atoms with Crippen LogP contribution in [0.1, 0.15) is 25.3 Å². The normalized spacial score (nSPS) is 13.8. The number of ether oxygens (including phenoxy) is 2. The number of halogens is 1. The topological polar surface area (TPSA) is 79.8 Å². The van der Waals surface area contributed by atoms with Crippen LogP contribution in [0.3, 0.4) is 0 Å². The maximum atomic E-state index is 11.7. The van der Waals surface area contributed by atoms with E-state index in [1.165, 1.54) is 0 Å². The summed E-state index contributed by atoms with van der Waals surface area (Å²) in [5, 5.41) is 15.2. The Bertz CT molecular complexity index is 595. The van der Waals surface area contributed by atoms with Gasteiger partial charge < -0.3 is 25.2 Å². The quantitative estimate of drug-likeness (QED) is 0.403. The molecule has 7 heteroatoms. The van der Waals surface area contributed by atoms with Gasteiger partial charge in [-0.05, 0) is 44.0 Å². The van der Waals surface area contributed by atoms with E-state index in [1.54, 1.807) is 6.08 Å². The summed E-state index contributed by atoms with van der Waals surface area (Å²) in [6, 6.07) is 3.72. The molecule has 26 heavy (non-hydrogen) atoms. The second-order valence-electron chi connectivity index (χ2n) is 6.26. The van der Waals surface area contributed by atoms with Crippen LogP contribution in [-0.4, -0.2) is 43.9 Å². The van der Waals surface area contributed by atoms with Gasteiger partial charge in [-0.1, -0.05) is 19.6 Å². The minimum absolute atomic E-state index is 0. The molecule has 0 bridgehead atoms. The predicted molar refractivity (Wildman–Crippen MR) is 106 cm³/mol. The van der Waals surface area contributed by atoms with E-state index in [1.807, 2.05) is 19.1 Å². The van der Waals surface area contributed by atoms with Crippen molar-refractivity contribution >= 4 is 24.0 Å². The molecule has 1 aliphatic heterocycles. The maximum absolute atomic E-state index is 11.7. The van der Waals surface area contributed by atoms with Crippen molar-refractivity contribution in [2.75, 3.05) is 38.2 Å². The van der Waals surface area contributed by atoms with E-state index in [9.17, 15) is 4.79 Å². The minimum Gasteiger partial charge on any atom is -0.493 e. The number of carbonyl (C=O) groups excluding carboxylic acids is 1. The first-order valence-corrected chi connectivity index (χ1v) is 8.79. The third-order valence-electron chi connectivity index (χ3n) is 4.01. The first kappa shape index (κ1) is 22.3. The molecule has 0 aromatic heterocycles. The molecule has 0 saturated carbocycles. The number of nitrogens with one attached hydrogen (secondary N) is 2. The fourth-order valence-electron chi connectivity index (χ4n) is 2.63. The Kier molecular flexibility index (Phi) is 10.1. The lowest BCUT2D eigenvalue weighted by atomic mass is 10.0. The number of hydrogen-bond donors (Lipinski definition) is 3. The highest BCUT2D eigenvalue weighted by Crippen LogP contribution is 2.38. The molecule has 3 N–H and O–H groups in total. The van der Waals surface area contributed by atoms with Crippen LogP contribution in [0.5, 0.6) is 11.5 Å². The smallest absolute Gasteiger partial charge is 0.224 e. The van der Waals surface area contributed by atoms with Gasteiger partial charge in [-0.2, -0.15) is 0 Å². The van der Waals surface area contributed by atoms with E-state index in [0.29, 0.717) is 37.5 Å². The monoisotopic (exact) mass is 384 g/mol. The van der Waals surface area contributed by atoms with Gasteiger partial charge in [-0.15, -0.1) is 12.4 Å². The van der Waals surface area contributed by atoms with Gasteiger partial charge in [0.05, 0.1) is 12.3 Å². The van der Waals surface area contributed by atoms with Gasteiger partial charge in [-0.25, -0.2) is 0 Å². The maximum Gasteiger partial charge on any atom is 0.224 e. The van der Waals surface area contributed by atoms with E-state index < -0.39 is 0 Å². The van der Waals surface area contributed by atoms with Crippen LogP contribution in [0.25, 0.3) is 0 Å². The van der Waals surface area contributed by atoms with E-state index in [-0.39, 0.29) is 30.8 Å². The first-order chi connectivity index (χ1) is 12.2. The molecule has 1 atom stereocenters. The van der Waals surface area contributed by atoms with Gasteiger partial charge in [0.25, 0.3) is 0 Å². The van der Waals surface area contributed by atoms with Crippen molar-refractivity contribution in [3.05, 3.63) is 30.4 Å². The number of aliphatic hydroxyl groups excluding tert-OH is 1. The summed E-state index contributed by atoms with van der Waals surface area (Å²) in [5.41, 5.74) is 1.70. The number of rotatable bonds is 11. The number of aliphatic hydroxyl groups is 1. The second kappa shape index (κ2) is 11.8. The lowest BCUT2D eigenvalue weighted by molar-refractivity contribution is -0.116. The van der Waals surface area contributed by atoms with Gasteiger partial charge >= 0.3 is 0 Å². The fourth-order valence-corrected chi connectivity index (χ4v) is 2.63. The summed E-state index contributed by atoms with van der Waals surface area (Å²) in [4.78, 5) is 11.7. The molecule has 1 aliphatic rings. The molecule has 6 nitrogen and oxygen atoms in total. The summed E-state index contributed by atoms with van der Waals surface area (Å²) in [6.07, 6.45) is 3.64. The zero-order valence-corrected chi connectivity index (χ0v) is 16.1. The summed E-state index contributed by atoms with van der Waals surface area (Å²) >= 11 is 0. The Morgan fingerprint density at radius 1 is 1.35 bits per heavy atom. The number of benzene rings is 1. The Balaban J connectivity index is 0.00000338. The van der Waals surface area contributed by atoms with Crippen LogP contribution in [0.15, 0.2) is 24.8 Å². The SMILES string of the molecule is C=CCOc1ccc(OCCCNCC(C)CO)c2c1NC(=O)CC2.Cl. The molecule has 1 amide bonds. The third-order valence-corrected chi connectivity index (χ3v) is 4.01. The van der Waals surface area contributed by atoms with Crippen molar-refractivity contribution in [1.82, 2.24) is 5.32 Å². The standard InChI is InChI=1S/C19H28N2O4.ClH/c1-3-10-24-17-7-6-16(15-5-8-18(23)21-19(15)17)25-11-4-9-20-12-14(2)13-22;/h3,6-7,14,20,22H,1,4-5,8-13H2,2H3,(H,21,23);1H. The van der Waals surface area contributed by atoms with Crippen molar-refractivity contribution in [1.29, 1.82) is 0 Å². The van der Waals surface area contributed by atoms with Crippen molar-refractivity contribution in [3.63, 3.8) is 0 Å². The van der Waals surface area contributed by atoms with E-state index >= 15 is 0 Å². The van der Waals surface area contributed by atoms with Crippen LogP contribution in [0.2, 0.25) is 0 Å². The highest BCUT2D eigenvalue weighted by Gasteiger charge is 2.22. The zero-order valence-electron chi connectivity index (χ0n) is 15.3. The molecule has 1 aromatic carbocycles. The Morgan fingerprint density at radius 2 is 2.12 bits per heavy atom. The number of hydrogen-bond acceptors (Lipinski definition) is 5. The average Bonchev–Trinajstić information content (AvgIpc) is 2.62. The molecule has 0 spiro atoms. The largest absolute Gasteiger partial charge is 0.493 e. The van der Waals surface area contributed by atoms with Gasteiger partial charge in [0.1, 0.15) is 18.1 Å². The summed E-state index contributed by atoms with van der Waals surface area (Å²) in [5.74, 6) is 1.70. The first-order valence-electron chi connectivity index (χ1n) is 8.79. The minimum atomic E-state index is -0.00435. The van der Waals surface area contributed by atoms with E-state index in [0.717, 1.165) is 30.8 Å². The number of amides is 1. The number of anilines is 1. The molecule has 0 saturated heterocycles. The lowest BCUT2D eigenvalue weighted by Gasteiger charge is -2.23. The zero-order chi connectivity index (χ0) is 18.1. The molecule has 1 heterocycles. The number of fused-ring (bicyclic) bond motifs is 1. The summed E-state index contributed by atoms with van der Waals surface area (Å²) in [6.45, 7) is 8.46. The van der Waals surface area contributed by atoms with Crippen molar-refractivity contribution in [2.24, 2.45) is 5.92 Å². The van der Waals surface area contributed by atoms with Gasteiger partial charge in [0.15, 0.2) is 0 Å². The highest BCUT2D eigenvalue weighted by atomic mass is 35.5. The van der Waals surface area contributed by atoms with Crippen LogP contribution in [0.4, 0.5) is 5.69 Å². The Hall–Kier alpha value is -1.76. The van der Waals surface area contributed by atoms with Crippen LogP contribution in [-0.2, 0) is 11.2 Å². The molecular formula is C19H29ClN2O4. The molecule has 1 aromatic rings. The van der Waals surface area contributed by atoms with Crippen molar-refractivity contribution < 1.29 is 19.4 Å². The fraction of sp³-hybridized carbons (Fsp3) is 0.526. The molecular weight excluding hydrogens is 356 g/mol. The summed E-state index contributed by atoms with van der Waals surface area (Å²) in [7, 11) is 0. The lowest BCUT2D eigenvalue weighted by Crippen LogP contribution is -2.25. The molecule has 1 unspecified atom stereocenters. The van der Waals surface area contributed by atoms with Gasteiger partial charge in [-0.3, -0.25) is 4.79 Å². The molecule has 0 fully saturated rings. The van der Waals surface area contributed by atoms with Crippen LogP contribution < -0.4 is 20.1 Å². The predicted octanol–water partition coefficient (Wildman–Crippen LogP) is 2.54. The molecule has 2 rings (SSSR count). The van der Waals surface area contributed by atoms with Crippen molar-refractivity contribution in [2.45, 2.75) is 26.2 Å². The van der Waals surface area contributed by atoms with Crippen LogP contribution >= 0.6 is 12.4 Å². The third kappa shape index (κ3) is 6.52. The highest BCUT2D eigenvalue weighted by molar-refractivity contribution is 5.96. The van der Waals surface area contributed by atoms with E-state index in [4.69, 9.17) is 14.6 Å². The second-order valence-corrected chi connectivity index (χ2v) is 6.26. The average molecular weight is 385 g/mol.